The maximum absolute atomic E-state index is 11.8. The zero-order valence-corrected chi connectivity index (χ0v) is 22.8. The summed E-state index contributed by atoms with van der Waals surface area (Å²) >= 11 is 0. The highest BCUT2D eigenvalue weighted by molar-refractivity contribution is 5.88. The Bertz CT molecular complexity index is 1780. The standard InChI is InChI=1S/2C15H12O6/c2*1-15-13(21-15)12(20-14(15)17)8-5-7-3-4-11(16)19-9(7)6-10(8)18-2/h2*3-6,12-13H,1-2H3/t2*12-,13-,15-/m11/s1. The van der Waals surface area contributed by atoms with Crippen molar-refractivity contribution in [3.8, 4) is 11.5 Å². The Hall–Kier alpha value is -4.68. The van der Waals surface area contributed by atoms with E-state index in [9.17, 15) is 19.2 Å². The molecule has 0 amide bonds. The van der Waals surface area contributed by atoms with Gasteiger partial charge in [0, 0.05) is 46.2 Å². The molecule has 12 nitrogen and oxygen atoms in total. The van der Waals surface area contributed by atoms with Crippen molar-refractivity contribution in [1.82, 2.24) is 0 Å². The minimum Gasteiger partial charge on any atom is -0.496 e. The first-order valence-electron chi connectivity index (χ1n) is 13.1. The van der Waals surface area contributed by atoms with Crippen LogP contribution in [0.1, 0.15) is 37.2 Å². The van der Waals surface area contributed by atoms with Crippen LogP contribution in [0, 0.1) is 0 Å². The molecule has 8 rings (SSSR count). The van der Waals surface area contributed by atoms with Gasteiger partial charge in [0.05, 0.1) is 14.2 Å². The average Bonchev–Trinajstić information content (AvgIpc) is 3.82. The quantitative estimate of drug-likeness (QED) is 0.199. The van der Waals surface area contributed by atoms with E-state index in [0.717, 1.165) is 10.8 Å². The van der Waals surface area contributed by atoms with Gasteiger partial charge in [-0.3, -0.25) is 0 Å². The van der Waals surface area contributed by atoms with Gasteiger partial charge in [0.25, 0.3) is 0 Å². The molecule has 4 aliphatic rings. The number of benzene rings is 2. The number of methoxy groups -OCH3 is 2. The largest absolute Gasteiger partial charge is 0.496 e. The van der Waals surface area contributed by atoms with Crippen molar-refractivity contribution < 1.29 is 46.8 Å². The lowest BCUT2D eigenvalue weighted by molar-refractivity contribution is -0.154. The van der Waals surface area contributed by atoms with E-state index in [1.165, 1.54) is 26.4 Å². The Morgan fingerprint density at radius 1 is 0.619 bits per heavy atom. The van der Waals surface area contributed by atoms with Gasteiger partial charge in [0.15, 0.2) is 23.4 Å². The number of epoxide rings is 2. The highest BCUT2D eigenvalue weighted by Crippen LogP contribution is 2.55. The van der Waals surface area contributed by atoms with E-state index >= 15 is 0 Å². The smallest absolute Gasteiger partial charge is 0.341 e. The van der Waals surface area contributed by atoms with Crippen LogP contribution in [0.25, 0.3) is 21.9 Å². The molecule has 0 N–H and O–H groups in total. The number of rotatable bonds is 4. The van der Waals surface area contributed by atoms with Crippen LogP contribution in [0.2, 0.25) is 0 Å². The molecule has 0 spiro atoms. The molecule has 4 aliphatic heterocycles. The van der Waals surface area contributed by atoms with E-state index in [2.05, 4.69) is 0 Å². The van der Waals surface area contributed by atoms with Gasteiger partial charge >= 0.3 is 23.2 Å². The van der Waals surface area contributed by atoms with Gasteiger partial charge < -0.3 is 37.3 Å². The van der Waals surface area contributed by atoms with E-state index in [4.69, 9.17) is 37.3 Å². The van der Waals surface area contributed by atoms with Gasteiger partial charge in [-0.1, -0.05) is 0 Å². The first-order chi connectivity index (χ1) is 20.1. The number of hydrogen-bond acceptors (Lipinski definition) is 12. The van der Waals surface area contributed by atoms with Crippen molar-refractivity contribution in [2.45, 2.75) is 49.5 Å². The molecule has 4 fully saturated rings. The predicted molar refractivity (Wildman–Crippen MR) is 142 cm³/mol. The second kappa shape index (κ2) is 8.91. The minimum absolute atomic E-state index is 0.299. The van der Waals surface area contributed by atoms with Gasteiger partial charge in [0.2, 0.25) is 0 Å². The van der Waals surface area contributed by atoms with Crippen molar-refractivity contribution in [2.24, 2.45) is 0 Å². The molecule has 6 atom stereocenters. The lowest BCUT2D eigenvalue weighted by Gasteiger charge is -2.16. The molecule has 0 unspecified atom stereocenters. The first-order valence-corrected chi connectivity index (χ1v) is 13.1. The Morgan fingerprint density at radius 3 is 1.33 bits per heavy atom. The topological polar surface area (TPSA) is 157 Å². The fraction of sp³-hybridized carbons (Fsp3) is 0.333. The number of fused-ring (bicyclic) bond motifs is 4. The lowest BCUT2D eigenvalue weighted by atomic mass is 9.99. The Labute approximate surface area is 236 Å². The van der Waals surface area contributed by atoms with Gasteiger partial charge in [-0.15, -0.1) is 0 Å². The monoisotopic (exact) mass is 576 g/mol. The first kappa shape index (κ1) is 26.2. The number of carbonyl (C=O) groups excluding carboxylic acids is 2. The second-order valence-corrected chi connectivity index (χ2v) is 10.7. The summed E-state index contributed by atoms with van der Waals surface area (Å²) in [6.07, 6.45) is -1.61. The summed E-state index contributed by atoms with van der Waals surface area (Å²) in [6, 6.07) is 12.8. The molecule has 6 heterocycles. The van der Waals surface area contributed by atoms with Gasteiger partial charge in [0.1, 0.15) is 34.9 Å². The molecule has 0 radical (unpaired) electrons. The highest BCUT2D eigenvalue weighted by Gasteiger charge is 2.71. The Balaban J connectivity index is 0.000000137. The summed E-state index contributed by atoms with van der Waals surface area (Å²) in [5.74, 6) is 0.266. The van der Waals surface area contributed by atoms with Gasteiger partial charge in [-0.25, -0.2) is 19.2 Å². The van der Waals surface area contributed by atoms with Crippen LogP contribution in [0.15, 0.2) is 67.0 Å². The van der Waals surface area contributed by atoms with Crippen LogP contribution in [0.3, 0.4) is 0 Å². The van der Waals surface area contributed by atoms with Crippen molar-refractivity contribution in [1.29, 1.82) is 0 Å². The molecular weight excluding hydrogens is 552 g/mol. The van der Waals surface area contributed by atoms with Crippen molar-refractivity contribution in [2.75, 3.05) is 14.2 Å². The van der Waals surface area contributed by atoms with Crippen LogP contribution in [-0.2, 0) is 28.5 Å². The predicted octanol–water partition coefficient (Wildman–Crippen LogP) is 3.11. The second-order valence-electron chi connectivity index (χ2n) is 10.7. The lowest BCUT2D eigenvalue weighted by Crippen LogP contribution is -2.17. The highest BCUT2D eigenvalue weighted by atomic mass is 16.7. The molecule has 0 saturated carbocycles. The summed E-state index contributed by atoms with van der Waals surface area (Å²) in [5.41, 5.74) is -0.275. The molecule has 0 aliphatic carbocycles. The summed E-state index contributed by atoms with van der Waals surface area (Å²) < 4.78 is 42.6. The maximum Gasteiger partial charge on any atom is 0.341 e. The number of ether oxygens (including phenoxy) is 6. The molecule has 216 valence electrons. The molecule has 2 aromatic carbocycles. The molecule has 12 heteroatoms. The van der Waals surface area contributed by atoms with E-state index in [-0.39, 0.29) is 24.1 Å². The zero-order valence-electron chi connectivity index (χ0n) is 22.8. The number of carbonyl (C=O) groups is 2. The molecule has 2 aromatic heterocycles. The van der Waals surface area contributed by atoms with Crippen molar-refractivity contribution in [3.63, 3.8) is 0 Å². The fourth-order valence-corrected chi connectivity index (χ4v) is 5.56. The van der Waals surface area contributed by atoms with Crippen molar-refractivity contribution >= 4 is 33.9 Å². The van der Waals surface area contributed by atoms with Crippen LogP contribution >= 0.6 is 0 Å². The Kier molecular flexibility index (Phi) is 5.56. The fourth-order valence-electron chi connectivity index (χ4n) is 5.56. The number of cyclic esters (lactones) is 2. The van der Waals surface area contributed by atoms with E-state index in [1.54, 1.807) is 50.2 Å². The van der Waals surface area contributed by atoms with Crippen LogP contribution < -0.4 is 20.7 Å². The third-order valence-corrected chi connectivity index (χ3v) is 8.10. The third kappa shape index (κ3) is 3.90. The van der Waals surface area contributed by atoms with E-state index in [1.807, 2.05) is 0 Å². The Morgan fingerprint density at radius 2 is 1.02 bits per heavy atom. The van der Waals surface area contributed by atoms with Crippen LogP contribution in [0.5, 0.6) is 11.5 Å². The van der Waals surface area contributed by atoms with E-state index < -0.39 is 34.7 Å². The summed E-state index contributed by atoms with van der Waals surface area (Å²) in [6.45, 7) is 3.43. The summed E-state index contributed by atoms with van der Waals surface area (Å²) in [5, 5.41) is 1.46. The summed E-state index contributed by atoms with van der Waals surface area (Å²) in [4.78, 5) is 46.1. The van der Waals surface area contributed by atoms with Crippen molar-refractivity contribution in [3.05, 3.63) is 80.5 Å². The molecule has 42 heavy (non-hydrogen) atoms. The number of hydrogen-bond donors (Lipinski definition) is 0. The zero-order chi connectivity index (χ0) is 29.6. The molecule has 0 bridgehead atoms. The minimum atomic E-state index is -0.839. The molecular formula is C30H24O12. The average molecular weight is 577 g/mol. The molecule has 4 saturated heterocycles. The maximum atomic E-state index is 11.8. The SMILES string of the molecule is COc1cc2oc(=O)ccc2cc1[C@H]1OC(=O)[C@]2(C)O[C@H]12.COc1cc2oc(=O)ccc2cc1[C@H]1OC(=O)[C@]2(C)O[C@H]12. The van der Waals surface area contributed by atoms with Gasteiger partial charge in [-0.2, -0.15) is 0 Å². The third-order valence-electron chi connectivity index (χ3n) is 8.10. The summed E-state index contributed by atoms with van der Waals surface area (Å²) in [7, 11) is 3.02. The number of esters is 2. The normalized spacial score (nSPS) is 30.1. The van der Waals surface area contributed by atoms with Crippen LogP contribution in [-0.4, -0.2) is 49.6 Å². The molecule has 4 aromatic rings. The van der Waals surface area contributed by atoms with Gasteiger partial charge in [-0.05, 0) is 38.1 Å². The van der Waals surface area contributed by atoms with E-state index in [0.29, 0.717) is 33.8 Å². The van der Waals surface area contributed by atoms with Crippen LogP contribution in [0.4, 0.5) is 0 Å².